The maximum absolute atomic E-state index is 12.3. The topological polar surface area (TPSA) is 61.4 Å². The van der Waals surface area contributed by atoms with Gasteiger partial charge in [-0.2, -0.15) is 0 Å². The van der Waals surface area contributed by atoms with Gasteiger partial charge in [-0.25, -0.2) is 0 Å². The fourth-order valence-corrected chi connectivity index (χ4v) is 3.84. The summed E-state index contributed by atoms with van der Waals surface area (Å²) in [5.74, 6) is 2.33. The lowest BCUT2D eigenvalue weighted by Crippen LogP contribution is -2.42. The number of hydrogen-bond donors (Lipinski definition) is 2. The number of nitrogens with zero attached hydrogens (tertiary/aromatic N) is 1. The smallest absolute Gasteiger partial charge is 0.251 e. The summed E-state index contributed by atoms with van der Waals surface area (Å²) in [5.41, 5.74) is 0.676. The SMILES string of the molecule is O=C(NC[C@@H]1CN[C@H](C(=O)N2CCSC2)C1)c1ccccc1. The molecule has 2 aliphatic rings. The number of benzene rings is 1. The summed E-state index contributed by atoms with van der Waals surface area (Å²) in [4.78, 5) is 26.3. The molecule has 1 aromatic rings. The lowest BCUT2D eigenvalue weighted by molar-refractivity contribution is -0.131. The Hall–Kier alpha value is -1.53. The van der Waals surface area contributed by atoms with Crippen LogP contribution >= 0.6 is 11.8 Å². The van der Waals surface area contributed by atoms with Crippen molar-refractivity contribution < 1.29 is 9.59 Å². The van der Waals surface area contributed by atoms with E-state index < -0.39 is 0 Å². The summed E-state index contributed by atoms with van der Waals surface area (Å²) in [7, 11) is 0. The highest BCUT2D eigenvalue weighted by atomic mass is 32.2. The first kappa shape index (κ1) is 15.4. The molecule has 0 saturated carbocycles. The fraction of sp³-hybridized carbons (Fsp3) is 0.500. The Bertz CT molecular complexity index is 531. The molecular weight excluding hydrogens is 298 g/mol. The molecule has 22 heavy (non-hydrogen) atoms. The molecule has 1 aromatic carbocycles. The van der Waals surface area contributed by atoms with Gasteiger partial charge in [-0.05, 0) is 24.5 Å². The summed E-state index contributed by atoms with van der Waals surface area (Å²) in [6, 6.07) is 9.13. The number of carbonyl (C=O) groups is 2. The predicted molar refractivity (Wildman–Crippen MR) is 87.7 cm³/mol. The van der Waals surface area contributed by atoms with E-state index in [9.17, 15) is 9.59 Å². The number of amides is 2. The van der Waals surface area contributed by atoms with Crippen LogP contribution in [0.4, 0.5) is 0 Å². The highest BCUT2D eigenvalue weighted by Crippen LogP contribution is 2.20. The Morgan fingerprint density at radius 1 is 1.32 bits per heavy atom. The van der Waals surface area contributed by atoms with Gasteiger partial charge in [0.25, 0.3) is 5.91 Å². The van der Waals surface area contributed by atoms with Gasteiger partial charge in [0.05, 0.1) is 11.9 Å². The molecule has 0 bridgehead atoms. The second-order valence-corrected chi connectivity index (χ2v) is 6.85. The van der Waals surface area contributed by atoms with Gasteiger partial charge in [-0.3, -0.25) is 9.59 Å². The molecule has 0 spiro atoms. The van der Waals surface area contributed by atoms with Crippen LogP contribution in [0.5, 0.6) is 0 Å². The Morgan fingerprint density at radius 3 is 2.86 bits per heavy atom. The van der Waals surface area contributed by atoms with Gasteiger partial charge in [0.2, 0.25) is 5.91 Å². The molecule has 2 aliphatic heterocycles. The average Bonchev–Trinajstić information content (AvgIpc) is 3.24. The lowest BCUT2D eigenvalue weighted by atomic mass is 10.0. The van der Waals surface area contributed by atoms with Crippen LogP contribution in [0.2, 0.25) is 0 Å². The molecule has 6 heteroatoms. The highest BCUT2D eigenvalue weighted by molar-refractivity contribution is 7.99. The summed E-state index contributed by atoms with van der Waals surface area (Å²) >= 11 is 1.80. The van der Waals surface area contributed by atoms with E-state index in [0.717, 1.165) is 31.1 Å². The molecule has 0 unspecified atom stereocenters. The molecule has 2 fully saturated rings. The van der Waals surface area contributed by atoms with E-state index in [1.165, 1.54) is 0 Å². The van der Waals surface area contributed by atoms with Crippen LogP contribution in [0, 0.1) is 5.92 Å². The standard InChI is InChI=1S/C16H21N3O2S/c20-15(13-4-2-1-3-5-13)18-10-12-8-14(17-9-12)16(21)19-6-7-22-11-19/h1-5,12,14,17H,6-11H2,(H,18,20)/t12-,14-/m0/s1. The minimum atomic E-state index is -0.0858. The molecule has 2 saturated heterocycles. The number of carbonyl (C=O) groups excluding carboxylic acids is 2. The van der Waals surface area contributed by atoms with E-state index in [1.54, 1.807) is 23.9 Å². The van der Waals surface area contributed by atoms with Crippen LogP contribution in [-0.2, 0) is 4.79 Å². The molecule has 2 N–H and O–H groups in total. The minimum absolute atomic E-state index is 0.0497. The van der Waals surface area contributed by atoms with Gasteiger partial charge >= 0.3 is 0 Å². The monoisotopic (exact) mass is 319 g/mol. The molecular formula is C16H21N3O2S. The van der Waals surface area contributed by atoms with Crippen LogP contribution in [0.15, 0.2) is 30.3 Å². The molecule has 118 valence electrons. The first-order valence-corrected chi connectivity index (χ1v) is 8.82. The normalized spacial score (nSPS) is 24.5. The third-order valence-corrected chi connectivity index (χ3v) is 5.14. The third-order valence-electron chi connectivity index (χ3n) is 4.17. The third kappa shape index (κ3) is 3.62. The van der Waals surface area contributed by atoms with Gasteiger partial charge in [0.15, 0.2) is 0 Å². The van der Waals surface area contributed by atoms with Crippen LogP contribution in [0.25, 0.3) is 0 Å². The second kappa shape index (κ2) is 7.15. The molecule has 2 heterocycles. The van der Waals surface area contributed by atoms with Crippen molar-refractivity contribution in [1.82, 2.24) is 15.5 Å². The van der Waals surface area contributed by atoms with Crippen LogP contribution in [-0.4, -0.2) is 54.0 Å². The quantitative estimate of drug-likeness (QED) is 0.867. The number of rotatable bonds is 4. The van der Waals surface area contributed by atoms with Crippen molar-refractivity contribution in [2.24, 2.45) is 5.92 Å². The van der Waals surface area contributed by atoms with Crippen molar-refractivity contribution in [2.45, 2.75) is 12.5 Å². The average molecular weight is 319 g/mol. The van der Waals surface area contributed by atoms with Crippen molar-refractivity contribution >= 4 is 23.6 Å². The fourth-order valence-electron chi connectivity index (χ4n) is 2.89. The van der Waals surface area contributed by atoms with Crippen molar-refractivity contribution in [3.63, 3.8) is 0 Å². The molecule has 0 aliphatic carbocycles. The summed E-state index contributed by atoms with van der Waals surface area (Å²) in [6.45, 7) is 2.25. The van der Waals surface area contributed by atoms with E-state index >= 15 is 0 Å². The molecule has 3 rings (SSSR count). The Kier molecular flexibility index (Phi) is 5.00. The first-order valence-electron chi connectivity index (χ1n) is 7.67. The van der Waals surface area contributed by atoms with Gasteiger partial charge in [-0.15, -0.1) is 11.8 Å². The van der Waals surface area contributed by atoms with Gasteiger partial charge in [0, 0.05) is 31.0 Å². The van der Waals surface area contributed by atoms with E-state index in [1.807, 2.05) is 23.1 Å². The second-order valence-electron chi connectivity index (χ2n) is 5.78. The Balaban J connectivity index is 1.45. The van der Waals surface area contributed by atoms with Crippen molar-refractivity contribution in [1.29, 1.82) is 0 Å². The summed E-state index contributed by atoms with van der Waals surface area (Å²) in [5, 5.41) is 6.26. The lowest BCUT2D eigenvalue weighted by Gasteiger charge is -2.19. The molecule has 2 amide bonds. The van der Waals surface area contributed by atoms with Crippen molar-refractivity contribution in [2.75, 3.05) is 31.3 Å². The zero-order chi connectivity index (χ0) is 15.4. The number of thioether (sulfide) groups is 1. The van der Waals surface area contributed by atoms with Gasteiger partial charge in [0.1, 0.15) is 0 Å². The molecule has 2 atom stereocenters. The first-order chi connectivity index (χ1) is 10.7. The largest absolute Gasteiger partial charge is 0.352 e. The Labute approximate surface area is 134 Å². The zero-order valence-corrected chi connectivity index (χ0v) is 13.3. The zero-order valence-electron chi connectivity index (χ0n) is 12.5. The summed E-state index contributed by atoms with van der Waals surface area (Å²) < 4.78 is 0. The van der Waals surface area contributed by atoms with Gasteiger partial charge in [-0.1, -0.05) is 18.2 Å². The van der Waals surface area contributed by atoms with E-state index in [0.29, 0.717) is 18.0 Å². The molecule has 5 nitrogen and oxygen atoms in total. The van der Waals surface area contributed by atoms with Crippen LogP contribution in [0.1, 0.15) is 16.8 Å². The maximum Gasteiger partial charge on any atom is 0.251 e. The highest BCUT2D eigenvalue weighted by Gasteiger charge is 2.33. The molecule has 0 radical (unpaired) electrons. The number of hydrogen-bond acceptors (Lipinski definition) is 4. The number of nitrogens with one attached hydrogen (secondary N) is 2. The Morgan fingerprint density at radius 2 is 2.14 bits per heavy atom. The van der Waals surface area contributed by atoms with Crippen LogP contribution in [0.3, 0.4) is 0 Å². The maximum atomic E-state index is 12.3. The van der Waals surface area contributed by atoms with Crippen LogP contribution < -0.4 is 10.6 Å². The van der Waals surface area contributed by atoms with E-state index in [-0.39, 0.29) is 17.9 Å². The van der Waals surface area contributed by atoms with Crippen molar-refractivity contribution in [3.05, 3.63) is 35.9 Å². The van der Waals surface area contributed by atoms with E-state index in [2.05, 4.69) is 10.6 Å². The summed E-state index contributed by atoms with van der Waals surface area (Å²) in [6.07, 6.45) is 0.801. The van der Waals surface area contributed by atoms with Gasteiger partial charge < -0.3 is 15.5 Å². The molecule has 0 aromatic heterocycles. The minimum Gasteiger partial charge on any atom is -0.352 e. The van der Waals surface area contributed by atoms with E-state index in [4.69, 9.17) is 0 Å². The predicted octanol–water partition coefficient (Wildman–Crippen LogP) is 0.927. The van der Waals surface area contributed by atoms with Crippen molar-refractivity contribution in [3.8, 4) is 0 Å².